The Bertz CT molecular complexity index is 671. The van der Waals surface area contributed by atoms with Crippen molar-refractivity contribution in [2.75, 3.05) is 38.0 Å². The van der Waals surface area contributed by atoms with Gasteiger partial charge in [0.25, 0.3) is 5.92 Å². The van der Waals surface area contributed by atoms with Gasteiger partial charge in [-0.05, 0) is 43.7 Å². The number of nitrogens with zero attached hydrogens (tertiary/aromatic N) is 2. The topological polar surface area (TPSA) is 52.7 Å². The minimum Gasteiger partial charge on any atom is -0.342 e. The summed E-state index contributed by atoms with van der Waals surface area (Å²) in [6.45, 7) is 1.47. The van der Waals surface area contributed by atoms with E-state index in [-0.39, 0.29) is 56.0 Å². The number of piperidine rings is 2. The van der Waals surface area contributed by atoms with Crippen LogP contribution in [-0.4, -0.2) is 60.3 Å². The third-order valence-corrected chi connectivity index (χ3v) is 5.16. The molecule has 3 rings (SSSR count). The molecule has 0 aliphatic carbocycles. The van der Waals surface area contributed by atoms with Crippen LogP contribution in [0.25, 0.3) is 0 Å². The fraction of sp³-hybridized carbons (Fsp3) is 0.579. The lowest BCUT2D eigenvalue weighted by molar-refractivity contribution is -0.143. The molecule has 1 aromatic rings. The molecule has 0 saturated carbocycles. The summed E-state index contributed by atoms with van der Waals surface area (Å²) in [5, 5.41) is 2.71. The minimum absolute atomic E-state index is 0.0888. The Morgan fingerprint density at radius 3 is 2.44 bits per heavy atom. The Kier molecular flexibility index (Phi) is 6.04. The molecule has 0 radical (unpaired) electrons. The van der Waals surface area contributed by atoms with Crippen LogP contribution in [-0.2, 0) is 9.59 Å². The number of alkyl halides is 2. The Hall–Kier alpha value is -2.09. The molecular weight excluding hydrogens is 359 g/mol. The highest BCUT2D eigenvalue weighted by Crippen LogP contribution is 2.29. The molecule has 2 amide bonds. The van der Waals surface area contributed by atoms with Crippen molar-refractivity contribution >= 4 is 17.5 Å². The molecule has 1 aromatic carbocycles. The molecule has 148 valence electrons. The van der Waals surface area contributed by atoms with Crippen molar-refractivity contribution in [2.45, 2.75) is 31.6 Å². The second-order valence-corrected chi connectivity index (χ2v) is 7.31. The van der Waals surface area contributed by atoms with E-state index >= 15 is 0 Å². The van der Waals surface area contributed by atoms with Gasteiger partial charge in [-0.3, -0.25) is 14.5 Å². The van der Waals surface area contributed by atoms with Gasteiger partial charge in [-0.25, -0.2) is 13.2 Å². The van der Waals surface area contributed by atoms with Crippen molar-refractivity contribution in [3.63, 3.8) is 0 Å². The number of halogens is 3. The summed E-state index contributed by atoms with van der Waals surface area (Å²) in [6.07, 6.45) is 0.927. The summed E-state index contributed by atoms with van der Waals surface area (Å²) in [6, 6.07) is 5.52. The highest BCUT2D eigenvalue weighted by Gasteiger charge is 2.38. The number of hydrogen-bond donors (Lipinski definition) is 1. The molecule has 2 aliphatic rings. The largest absolute Gasteiger partial charge is 0.342 e. The first-order chi connectivity index (χ1) is 12.8. The highest BCUT2D eigenvalue weighted by molar-refractivity contribution is 5.92. The maximum absolute atomic E-state index is 13.3. The minimum atomic E-state index is -2.67. The first-order valence-electron chi connectivity index (χ1n) is 9.27. The number of carbonyl (C=O) groups is 2. The molecule has 0 aromatic heterocycles. The molecule has 2 aliphatic heterocycles. The van der Waals surface area contributed by atoms with Crippen molar-refractivity contribution in [3.05, 3.63) is 30.1 Å². The van der Waals surface area contributed by atoms with Gasteiger partial charge in [-0.1, -0.05) is 0 Å². The standard InChI is InChI=1S/C19H24F3N3O2/c20-15-3-5-16(6-4-15)23-17(26)13-24-9-1-2-14(12-24)18(27)25-10-7-19(21,22)8-11-25/h3-6,14H,1-2,7-13H2,(H,23,26). The number of likely N-dealkylation sites (tertiary alicyclic amines) is 2. The zero-order chi connectivity index (χ0) is 19.4. The molecular formula is C19H24F3N3O2. The average molecular weight is 383 g/mol. The SMILES string of the molecule is O=C(CN1CCCC(C(=O)N2CCC(F)(F)CC2)C1)Nc1ccc(F)cc1. The van der Waals surface area contributed by atoms with Gasteiger partial charge in [0, 0.05) is 38.2 Å². The van der Waals surface area contributed by atoms with Gasteiger partial charge in [-0.2, -0.15) is 0 Å². The van der Waals surface area contributed by atoms with Crippen molar-refractivity contribution in [1.82, 2.24) is 9.80 Å². The lowest BCUT2D eigenvalue weighted by Crippen LogP contribution is -2.49. The molecule has 8 heteroatoms. The Morgan fingerprint density at radius 2 is 1.78 bits per heavy atom. The number of nitrogens with one attached hydrogen (secondary N) is 1. The van der Waals surface area contributed by atoms with E-state index < -0.39 is 5.92 Å². The summed E-state index contributed by atoms with van der Waals surface area (Å²) in [7, 11) is 0. The van der Waals surface area contributed by atoms with Crippen LogP contribution in [0.15, 0.2) is 24.3 Å². The van der Waals surface area contributed by atoms with Crippen LogP contribution in [0.1, 0.15) is 25.7 Å². The van der Waals surface area contributed by atoms with E-state index in [9.17, 15) is 22.8 Å². The molecule has 0 spiro atoms. The van der Waals surface area contributed by atoms with E-state index in [2.05, 4.69) is 5.32 Å². The van der Waals surface area contributed by atoms with E-state index in [4.69, 9.17) is 0 Å². The summed E-state index contributed by atoms with van der Waals surface area (Å²) < 4.78 is 39.5. The normalized spacial score (nSPS) is 23.1. The summed E-state index contributed by atoms with van der Waals surface area (Å²) in [4.78, 5) is 28.3. The third-order valence-electron chi connectivity index (χ3n) is 5.16. The molecule has 27 heavy (non-hydrogen) atoms. The van der Waals surface area contributed by atoms with E-state index in [0.717, 1.165) is 6.42 Å². The van der Waals surface area contributed by atoms with Gasteiger partial charge in [0.2, 0.25) is 11.8 Å². The monoisotopic (exact) mass is 383 g/mol. The lowest BCUT2D eigenvalue weighted by Gasteiger charge is -2.37. The number of rotatable bonds is 4. The number of anilines is 1. The first-order valence-corrected chi connectivity index (χ1v) is 9.27. The predicted octanol–water partition coefficient (Wildman–Crippen LogP) is 2.73. The van der Waals surface area contributed by atoms with Gasteiger partial charge in [0.15, 0.2) is 0 Å². The van der Waals surface area contributed by atoms with Crippen LogP contribution in [0, 0.1) is 11.7 Å². The lowest BCUT2D eigenvalue weighted by atomic mass is 9.95. The number of carbonyl (C=O) groups excluding carboxylic acids is 2. The first kappa shape index (κ1) is 19.7. The molecule has 0 bridgehead atoms. The van der Waals surface area contributed by atoms with Crippen molar-refractivity contribution in [2.24, 2.45) is 5.92 Å². The smallest absolute Gasteiger partial charge is 0.251 e. The van der Waals surface area contributed by atoms with Crippen LogP contribution in [0.2, 0.25) is 0 Å². The van der Waals surface area contributed by atoms with Gasteiger partial charge >= 0.3 is 0 Å². The maximum atomic E-state index is 13.3. The fourth-order valence-corrected chi connectivity index (χ4v) is 3.65. The summed E-state index contributed by atoms with van der Waals surface area (Å²) in [5.74, 6) is -3.63. The van der Waals surface area contributed by atoms with Crippen molar-refractivity contribution < 1.29 is 22.8 Å². The molecule has 1 unspecified atom stereocenters. The summed E-state index contributed by atoms with van der Waals surface area (Å²) in [5.41, 5.74) is 0.514. The summed E-state index contributed by atoms with van der Waals surface area (Å²) >= 11 is 0. The molecule has 1 atom stereocenters. The number of hydrogen-bond acceptors (Lipinski definition) is 3. The molecule has 1 N–H and O–H groups in total. The molecule has 2 saturated heterocycles. The van der Waals surface area contributed by atoms with Gasteiger partial charge in [0.1, 0.15) is 5.82 Å². The van der Waals surface area contributed by atoms with E-state index in [1.807, 2.05) is 4.90 Å². The third kappa shape index (κ3) is 5.45. The predicted molar refractivity (Wildman–Crippen MR) is 95.0 cm³/mol. The Labute approximate surface area is 156 Å². The zero-order valence-corrected chi connectivity index (χ0v) is 15.1. The molecule has 2 fully saturated rings. The Balaban J connectivity index is 1.49. The zero-order valence-electron chi connectivity index (χ0n) is 15.1. The number of benzene rings is 1. The second-order valence-electron chi connectivity index (χ2n) is 7.31. The van der Waals surface area contributed by atoms with E-state index in [1.54, 1.807) is 0 Å². The van der Waals surface area contributed by atoms with Gasteiger partial charge < -0.3 is 10.2 Å². The van der Waals surface area contributed by atoms with Crippen molar-refractivity contribution in [1.29, 1.82) is 0 Å². The van der Waals surface area contributed by atoms with Crippen LogP contribution in [0.3, 0.4) is 0 Å². The highest BCUT2D eigenvalue weighted by atomic mass is 19.3. The maximum Gasteiger partial charge on any atom is 0.251 e. The van der Waals surface area contributed by atoms with Crippen molar-refractivity contribution in [3.8, 4) is 0 Å². The molecule has 2 heterocycles. The van der Waals surface area contributed by atoms with Crippen LogP contribution in [0.4, 0.5) is 18.9 Å². The second kappa shape index (κ2) is 8.29. The van der Waals surface area contributed by atoms with Gasteiger partial charge in [0.05, 0.1) is 12.5 Å². The Morgan fingerprint density at radius 1 is 1.11 bits per heavy atom. The average Bonchev–Trinajstić information content (AvgIpc) is 2.63. The number of amides is 2. The fourth-order valence-electron chi connectivity index (χ4n) is 3.65. The van der Waals surface area contributed by atoms with Gasteiger partial charge in [-0.15, -0.1) is 0 Å². The quantitative estimate of drug-likeness (QED) is 0.870. The molecule has 5 nitrogen and oxygen atoms in total. The van der Waals surface area contributed by atoms with Crippen LogP contribution >= 0.6 is 0 Å². The van der Waals surface area contributed by atoms with Crippen LogP contribution in [0.5, 0.6) is 0 Å². The van der Waals surface area contributed by atoms with Crippen LogP contribution < -0.4 is 5.32 Å². The van der Waals surface area contributed by atoms with E-state index in [0.29, 0.717) is 25.2 Å². The van der Waals surface area contributed by atoms with E-state index in [1.165, 1.54) is 29.2 Å².